The van der Waals surface area contributed by atoms with Crippen molar-refractivity contribution in [1.29, 1.82) is 0 Å². The third-order valence-corrected chi connectivity index (χ3v) is 4.59. The van der Waals surface area contributed by atoms with E-state index in [1.165, 1.54) is 39.5 Å². The van der Waals surface area contributed by atoms with Crippen molar-refractivity contribution >= 4 is 11.8 Å². The Morgan fingerprint density at radius 1 is 1.35 bits per heavy atom. The van der Waals surface area contributed by atoms with E-state index in [2.05, 4.69) is 20.2 Å². The fraction of sp³-hybridized carbons (Fsp3) is 0.688. The van der Waals surface area contributed by atoms with E-state index in [9.17, 15) is 4.79 Å². The summed E-state index contributed by atoms with van der Waals surface area (Å²) in [5, 5.41) is 2.83. The van der Waals surface area contributed by atoms with Crippen molar-refractivity contribution in [3.8, 4) is 6.01 Å². The number of anilines is 1. The number of carbonyl (C=O) groups is 1. The van der Waals surface area contributed by atoms with E-state index in [4.69, 9.17) is 4.74 Å². The molecule has 2 saturated heterocycles. The average molecular weight is 319 g/mol. The van der Waals surface area contributed by atoms with Crippen LogP contribution < -0.4 is 10.1 Å². The molecule has 2 fully saturated rings. The zero-order valence-electron chi connectivity index (χ0n) is 13.7. The van der Waals surface area contributed by atoms with E-state index in [1.807, 2.05) is 4.90 Å². The Bertz CT molecular complexity index is 533. The largest absolute Gasteiger partial charge is 0.467 e. The monoisotopic (exact) mass is 319 g/mol. The Morgan fingerprint density at radius 2 is 2.17 bits per heavy atom. The van der Waals surface area contributed by atoms with Gasteiger partial charge in [0.05, 0.1) is 7.11 Å². The number of aromatic nitrogens is 2. The number of ether oxygens (including phenoxy) is 1. The number of amides is 2. The van der Waals surface area contributed by atoms with Gasteiger partial charge in [0, 0.05) is 25.8 Å². The Labute approximate surface area is 137 Å². The van der Waals surface area contributed by atoms with Gasteiger partial charge in [0.15, 0.2) is 0 Å². The molecule has 0 spiro atoms. The fourth-order valence-corrected chi connectivity index (χ4v) is 3.37. The average Bonchev–Trinajstić information content (AvgIpc) is 3.04. The molecule has 1 aromatic heterocycles. The van der Waals surface area contributed by atoms with E-state index in [0.717, 1.165) is 26.1 Å². The van der Waals surface area contributed by atoms with Gasteiger partial charge in [-0.1, -0.05) is 6.42 Å². The second-order valence-electron chi connectivity index (χ2n) is 6.32. The SMILES string of the molecule is COc1nccc(NC(=O)N2CC[C@H](CN3CCCCC3)C2)n1. The van der Waals surface area contributed by atoms with Gasteiger partial charge in [0.1, 0.15) is 5.82 Å². The first-order valence-electron chi connectivity index (χ1n) is 8.40. The second-order valence-corrected chi connectivity index (χ2v) is 6.32. The van der Waals surface area contributed by atoms with Gasteiger partial charge in [-0.2, -0.15) is 4.98 Å². The summed E-state index contributed by atoms with van der Waals surface area (Å²) in [5.74, 6) is 1.06. The van der Waals surface area contributed by atoms with Gasteiger partial charge in [-0.15, -0.1) is 0 Å². The molecular formula is C16H25N5O2. The minimum atomic E-state index is -0.0908. The summed E-state index contributed by atoms with van der Waals surface area (Å²) in [5.41, 5.74) is 0. The van der Waals surface area contributed by atoms with Crippen molar-refractivity contribution in [1.82, 2.24) is 19.8 Å². The standard InChI is InChI=1S/C16H25N5O2/c1-23-15-17-7-5-14(18-15)19-16(22)21-10-6-13(12-21)11-20-8-3-2-4-9-20/h5,7,13H,2-4,6,8-12H2,1H3,(H,17,18,19,22)/t13-/m1/s1. The van der Waals surface area contributed by atoms with Gasteiger partial charge in [0.2, 0.25) is 0 Å². The highest BCUT2D eigenvalue weighted by Gasteiger charge is 2.28. The second kappa shape index (κ2) is 7.59. The maximum absolute atomic E-state index is 12.4. The van der Waals surface area contributed by atoms with Gasteiger partial charge < -0.3 is 14.5 Å². The van der Waals surface area contributed by atoms with E-state index in [0.29, 0.717) is 11.7 Å². The molecule has 0 bridgehead atoms. The normalized spacial score (nSPS) is 22.1. The lowest BCUT2D eigenvalue weighted by Crippen LogP contribution is -2.37. The highest BCUT2D eigenvalue weighted by atomic mass is 16.5. The molecule has 1 N–H and O–H groups in total. The fourth-order valence-electron chi connectivity index (χ4n) is 3.37. The van der Waals surface area contributed by atoms with Crippen LogP contribution in [0, 0.1) is 5.92 Å². The van der Waals surface area contributed by atoms with E-state index in [-0.39, 0.29) is 12.0 Å². The zero-order chi connectivity index (χ0) is 16.1. The molecule has 0 radical (unpaired) electrons. The first-order valence-corrected chi connectivity index (χ1v) is 8.40. The topological polar surface area (TPSA) is 70.6 Å². The minimum Gasteiger partial charge on any atom is -0.467 e. The Morgan fingerprint density at radius 3 is 2.96 bits per heavy atom. The molecule has 3 heterocycles. The van der Waals surface area contributed by atoms with Crippen LogP contribution in [0.4, 0.5) is 10.6 Å². The predicted molar refractivity (Wildman–Crippen MR) is 87.6 cm³/mol. The first kappa shape index (κ1) is 16.0. The van der Waals surface area contributed by atoms with Crippen LogP contribution >= 0.6 is 0 Å². The first-order chi connectivity index (χ1) is 11.2. The van der Waals surface area contributed by atoms with Crippen LogP contribution in [-0.4, -0.2) is 65.6 Å². The van der Waals surface area contributed by atoms with E-state index < -0.39 is 0 Å². The lowest BCUT2D eigenvalue weighted by molar-refractivity contribution is 0.192. The maximum Gasteiger partial charge on any atom is 0.323 e. The molecule has 2 aliphatic heterocycles. The molecule has 3 rings (SSSR count). The summed E-state index contributed by atoms with van der Waals surface area (Å²) in [6.07, 6.45) is 6.64. The number of methoxy groups -OCH3 is 1. The smallest absolute Gasteiger partial charge is 0.323 e. The van der Waals surface area contributed by atoms with Gasteiger partial charge in [-0.05, 0) is 44.3 Å². The van der Waals surface area contributed by atoms with E-state index in [1.54, 1.807) is 12.3 Å². The van der Waals surface area contributed by atoms with E-state index >= 15 is 0 Å². The van der Waals surface area contributed by atoms with Crippen LogP contribution in [0.1, 0.15) is 25.7 Å². The van der Waals surface area contributed by atoms with Crippen molar-refractivity contribution in [3.63, 3.8) is 0 Å². The Balaban J connectivity index is 1.48. The molecule has 2 amide bonds. The highest BCUT2D eigenvalue weighted by Crippen LogP contribution is 2.20. The van der Waals surface area contributed by atoms with Crippen LogP contribution in [0.2, 0.25) is 0 Å². The van der Waals surface area contributed by atoms with Crippen LogP contribution in [0.5, 0.6) is 6.01 Å². The minimum absolute atomic E-state index is 0.0908. The molecule has 7 nitrogen and oxygen atoms in total. The summed E-state index contributed by atoms with van der Waals surface area (Å²) >= 11 is 0. The molecule has 1 aromatic rings. The number of hydrogen-bond acceptors (Lipinski definition) is 5. The number of nitrogens with zero attached hydrogens (tertiary/aromatic N) is 4. The van der Waals surface area contributed by atoms with Crippen molar-refractivity contribution in [2.24, 2.45) is 5.92 Å². The van der Waals surface area contributed by atoms with Crippen LogP contribution in [-0.2, 0) is 0 Å². The van der Waals surface area contributed by atoms with Gasteiger partial charge in [-0.25, -0.2) is 9.78 Å². The summed E-state index contributed by atoms with van der Waals surface area (Å²) in [6.45, 7) is 5.18. The van der Waals surface area contributed by atoms with Crippen molar-refractivity contribution < 1.29 is 9.53 Å². The molecule has 0 aliphatic carbocycles. The number of carbonyl (C=O) groups excluding carboxylic acids is 1. The van der Waals surface area contributed by atoms with Crippen LogP contribution in [0.25, 0.3) is 0 Å². The van der Waals surface area contributed by atoms with Crippen molar-refractivity contribution in [2.45, 2.75) is 25.7 Å². The molecule has 0 saturated carbocycles. The number of piperidine rings is 1. The van der Waals surface area contributed by atoms with Crippen LogP contribution in [0.15, 0.2) is 12.3 Å². The highest BCUT2D eigenvalue weighted by molar-refractivity contribution is 5.88. The maximum atomic E-state index is 12.4. The number of hydrogen-bond donors (Lipinski definition) is 1. The Kier molecular flexibility index (Phi) is 5.27. The van der Waals surface area contributed by atoms with Crippen molar-refractivity contribution in [2.75, 3.05) is 45.2 Å². The summed E-state index contributed by atoms with van der Waals surface area (Å²) in [6, 6.07) is 1.83. The quantitative estimate of drug-likeness (QED) is 0.917. The zero-order valence-corrected chi connectivity index (χ0v) is 13.7. The lowest BCUT2D eigenvalue weighted by atomic mass is 10.1. The third kappa shape index (κ3) is 4.31. The molecule has 126 valence electrons. The summed E-state index contributed by atoms with van der Waals surface area (Å²) < 4.78 is 4.97. The molecule has 23 heavy (non-hydrogen) atoms. The van der Waals surface area contributed by atoms with Crippen LogP contribution in [0.3, 0.4) is 0 Å². The molecular weight excluding hydrogens is 294 g/mol. The Hall–Kier alpha value is -1.89. The lowest BCUT2D eigenvalue weighted by Gasteiger charge is -2.28. The van der Waals surface area contributed by atoms with Crippen molar-refractivity contribution in [3.05, 3.63) is 12.3 Å². The summed E-state index contributed by atoms with van der Waals surface area (Å²) in [4.78, 5) is 24.8. The summed E-state index contributed by atoms with van der Waals surface area (Å²) in [7, 11) is 1.51. The molecule has 2 aliphatic rings. The number of likely N-dealkylation sites (tertiary alicyclic amines) is 2. The van der Waals surface area contributed by atoms with Gasteiger partial charge in [-0.3, -0.25) is 5.32 Å². The van der Waals surface area contributed by atoms with Gasteiger partial charge in [0.25, 0.3) is 0 Å². The molecule has 7 heteroatoms. The van der Waals surface area contributed by atoms with Gasteiger partial charge >= 0.3 is 12.0 Å². The number of nitrogens with one attached hydrogen (secondary N) is 1. The molecule has 0 unspecified atom stereocenters. The predicted octanol–water partition coefficient (Wildman–Crippen LogP) is 1.82. The number of rotatable bonds is 4. The number of urea groups is 1. The molecule has 0 aromatic carbocycles. The molecule has 1 atom stereocenters. The third-order valence-electron chi connectivity index (χ3n) is 4.59.